The highest BCUT2D eigenvalue weighted by atomic mass is 35.5. The number of rotatable bonds is 7. The summed E-state index contributed by atoms with van der Waals surface area (Å²) in [5.74, 6) is -1.38. The van der Waals surface area contributed by atoms with Crippen molar-refractivity contribution in [2.24, 2.45) is 0 Å². The first-order valence-corrected chi connectivity index (χ1v) is 14.8. The third-order valence-corrected chi connectivity index (χ3v) is 9.31. The first-order chi connectivity index (χ1) is 20.1. The number of piperidine rings is 1. The van der Waals surface area contributed by atoms with Crippen molar-refractivity contribution in [2.75, 3.05) is 44.6 Å². The molecule has 2 heterocycles. The molecule has 0 radical (unpaired) electrons. The van der Waals surface area contributed by atoms with Crippen LogP contribution in [0.4, 0.5) is 19.3 Å². The van der Waals surface area contributed by atoms with Crippen LogP contribution in [0.15, 0.2) is 66.7 Å². The molecule has 1 atom stereocenters. The number of carbonyl (C=O) groups is 2. The number of Topliss-reactive ketones (excluding diaryl/α,β-unsaturated/α-hetero) is 1. The number of hydrogen-bond donors (Lipinski definition) is 1. The van der Waals surface area contributed by atoms with Crippen LogP contribution in [-0.4, -0.2) is 60.9 Å². The molecule has 2 amide bonds. The fourth-order valence-corrected chi connectivity index (χ4v) is 6.43. The summed E-state index contributed by atoms with van der Waals surface area (Å²) in [6, 6.07) is 17.7. The summed E-state index contributed by atoms with van der Waals surface area (Å²) in [5, 5.41) is 3.39. The topological polar surface area (TPSA) is 61.9 Å². The number of hydrogen-bond acceptors (Lipinski definition) is 4. The molecule has 5 rings (SSSR count). The van der Waals surface area contributed by atoms with Gasteiger partial charge in [0.25, 0.3) is 0 Å². The normalized spacial score (nSPS) is 20.7. The number of likely N-dealkylation sites (tertiary alicyclic amines) is 1. The predicted octanol–water partition coefficient (Wildman–Crippen LogP) is 7.04. The Labute approximate surface area is 254 Å². The van der Waals surface area contributed by atoms with Gasteiger partial charge in [-0.15, -0.1) is 0 Å². The Morgan fingerprint density at radius 2 is 1.60 bits per heavy atom. The quantitative estimate of drug-likeness (QED) is 0.309. The van der Waals surface area contributed by atoms with Crippen molar-refractivity contribution < 1.29 is 23.1 Å². The minimum Gasteiger partial charge on any atom is -0.367 e. The van der Waals surface area contributed by atoms with Gasteiger partial charge in [0.1, 0.15) is 23.0 Å². The van der Waals surface area contributed by atoms with Crippen LogP contribution in [0.2, 0.25) is 10.0 Å². The predicted molar refractivity (Wildman–Crippen MR) is 160 cm³/mol. The average molecular weight is 617 g/mol. The zero-order valence-electron chi connectivity index (χ0n) is 23.3. The molecule has 222 valence electrons. The number of benzene rings is 3. The Kier molecular flexibility index (Phi) is 9.18. The minimum absolute atomic E-state index is 0.0322. The van der Waals surface area contributed by atoms with Crippen molar-refractivity contribution in [3.63, 3.8) is 0 Å². The van der Waals surface area contributed by atoms with Crippen LogP contribution in [-0.2, 0) is 20.5 Å². The number of urea groups is 1. The fourth-order valence-electron chi connectivity index (χ4n) is 6.13. The second kappa shape index (κ2) is 12.7. The van der Waals surface area contributed by atoms with Crippen LogP contribution in [0.25, 0.3) is 0 Å². The molecule has 10 heteroatoms. The number of anilines is 1. The molecule has 2 saturated heterocycles. The molecule has 2 fully saturated rings. The van der Waals surface area contributed by atoms with Crippen molar-refractivity contribution in [3.8, 4) is 0 Å². The summed E-state index contributed by atoms with van der Waals surface area (Å²) in [5.41, 5.74) is 0.479. The van der Waals surface area contributed by atoms with Crippen molar-refractivity contribution in [1.82, 2.24) is 9.80 Å². The summed E-state index contributed by atoms with van der Waals surface area (Å²) in [6.07, 6.45) is 1.97. The maximum absolute atomic E-state index is 13.7. The van der Waals surface area contributed by atoms with Gasteiger partial charge in [0.2, 0.25) is 0 Å². The van der Waals surface area contributed by atoms with Crippen LogP contribution >= 0.6 is 23.2 Å². The van der Waals surface area contributed by atoms with Gasteiger partial charge in [0.15, 0.2) is 0 Å². The van der Waals surface area contributed by atoms with E-state index in [-0.39, 0.29) is 24.6 Å². The van der Waals surface area contributed by atoms with E-state index in [0.29, 0.717) is 42.4 Å². The number of nitrogens with zero attached hydrogens (tertiary/aromatic N) is 2. The molecule has 0 bridgehead atoms. The monoisotopic (exact) mass is 615 g/mol. The number of carbonyl (C=O) groups excluding carboxylic acids is 2. The highest BCUT2D eigenvalue weighted by molar-refractivity contribution is 6.42. The van der Waals surface area contributed by atoms with Crippen molar-refractivity contribution >= 4 is 40.7 Å². The van der Waals surface area contributed by atoms with E-state index in [0.717, 1.165) is 42.4 Å². The zero-order chi connectivity index (χ0) is 29.9. The van der Waals surface area contributed by atoms with Gasteiger partial charge in [-0.2, -0.15) is 0 Å². The Bertz CT molecular complexity index is 1430. The van der Waals surface area contributed by atoms with Crippen LogP contribution in [0.1, 0.15) is 37.3 Å². The number of ether oxygens (including phenoxy) is 1. The minimum atomic E-state index is -0.897. The van der Waals surface area contributed by atoms with Gasteiger partial charge in [-0.1, -0.05) is 59.6 Å². The maximum Gasteiger partial charge on any atom is 0.322 e. The SMILES string of the molecule is CC(=O)C1(c2ccccc2)CCN(CCC2(c3ccc(Cl)c(Cl)c3)CN(C(=O)Nc3cc(F)cc(F)c3)CCO2)CC1. The Balaban J connectivity index is 1.33. The summed E-state index contributed by atoms with van der Waals surface area (Å²) < 4.78 is 33.9. The molecule has 0 aliphatic carbocycles. The number of halogens is 4. The van der Waals surface area contributed by atoms with Crippen molar-refractivity contribution in [3.05, 3.63) is 99.5 Å². The number of morpholine rings is 1. The van der Waals surface area contributed by atoms with Crippen LogP contribution in [0, 0.1) is 11.6 Å². The highest BCUT2D eigenvalue weighted by Crippen LogP contribution is 2.39. The standard InChI is InChI=1S/C32H33Cl2F2N3O3/c1-22(40)31(23-5-3-2-4-6-23)9-12-38(13-10-31)14-11-32(24-7-8-28(33)29(34)17-24)21-39(15-16-42-32)30(41)37-27-19-25(35)18-26(36)20-27/h2-8,17-20H,9-16,21H2,1H3,(H,37,41). The van der Waals surface area contributed by atoms with Crippen LogP contribution < -0.4 is 5.32 Å². The van der Waals surface area contributed by atoms with Gasteiger partial charge in [0, 0.05) is 24.8 Å². The molecule has 1 N–H and O–H groups in total. The smallest absolute Gasteiger partial charge is 0.322 e. The summed E-state index contributed by atoms with van der Waals surface area (Å²) in [4.78, 5) is 30.0. The number of nitrogens with one attached hydrogen (secondary N) is 1. The zero-order valence-corrected chi connectivity index (χ0v) is 24.9. The Hall–Kier alpha value is -3.04. The molecule has 42 heavy (non-hydrogen) atoms. The Morgan fingerprint density at radius 3 is 2.24 bits per heavy atom. The van der Waals surface area contributed by atoms with E-state index in [2.05, 4.69) is 10.2 Å². The molecule has 0 saturated carbocycles. The third kappa shape index (κ3) is 6.47. The van der Waals surface area contributed by atoms with Crippen molar-refractivity contribution in [1.29, 1.82) is 0 Å². The highest BCUT2D eigenvalue weighted by Gasteiger charge is 2.43. The van der Waals surface area contributed by atoms with E-state index in [1.165, 1.54) is 0 Å². The molecular weight excluding hydrogens is 583 g/mol. The van der Waals surface area contributed by atoms with E-state index in [1.54, 1.807) is 24.0 Å². The van der Waals surface area contributed by atoms with E-state index < -0.39 is 28.7 Å². The number of amides is 2. The fraction of sp³-hybridized carbons (Fsp3) is 0.375. The van der Waals surface area contributed by atoms with Gasteiger partial charge < -0.3 is 19.9 Å². The molecule has 6 nitrogen and oxygen atoms in total. The van der Waals surface area contributed by atoms with Gasteiger partial charge in [-0.3, -0.25) is 4.79 Å². The Morgan fingerprint density at radius 1 is 0.905 bits per heavy atom. The lowest BCUT2D eigenvalue weighted by Crippen LogP contribution is -2.54. The van der Waals surface area contributed by atoms with E-state index in [4.69, 9.17) is 27.9 Å². The molecule has 2 aliphatic rings. The molecule has 0 spiro atoms. The second-order valence-electron chi connectivity index (χ2n) is 11.1. The van der Waals surface area contributed by atoms with E-state index >= 15 is 0 Å². The molecule has 1 unspecified atom stereocenters. The largest absolute Gasteiger partial charge is 0.367 e. The maximum atomic E-state index is 13.7. The van der Waals surface area contributed by atoms with Gasteiger partial charge in [0.05, 0.1) is 28.6 Å². The van der Waals surface area contributed by atoms with E-state index in [1.807, 2.05) is 36.4 Å². The molecule has 0 aromatic heterocycles. The summed E-state index contributed by atoms with van der Waals surface area (Å²) >= 11 is 12.6. The first-order valence-electron chi connectivity index (χ1n) is 14.0. The average Bonchev–Trinajstić information content (AvgIpc) is 2.97. The lowest BCUT2D eigenvalue weighted by atomic mass is 9.70. The molecule has 3 aromatic carbocycles. The lowest BCUT2D eigenvalue weighted by molar-refractivity contribution is -0.125. The first kappa shape index (κ1) is 30.4. The summed E-state index contributed by atoms with van der Waals surface area (Å²) in [7, 11) is 0. The molecule has 2 aliphatic heterocycles. The van der Waals surface area contributed by atoms with Gasteiger partial charge >= 0.3 is 6.03 Å². The van der Waals surface area contributed by atoms with E-state index in [9.17, 15) is 18.4 Å². The van der Waals surface area contributed by atoms with Crippen LogP contribution in [0.3, 0.4) is 0 Å². The lowest BCUT2D eigenvalue weighted by Gasteiger charge is -2.45. The molecular formula is C32H33Cl2F2N3O3. The molecule has 3 aromatic rings. The number of ketones is 1. The summed E-state index contributed by atoms with van der Waals surface area (Å²) in [6.45, 7) is 4.57. The van der Waals surface area contributed by atoms with Crippen molar-refractivity contribution in [2.45, 2.75) is 37.2 Å². The van der Waals surface area contributed by atoms with Gasteiger partial charge in [-0.25, -0.2) is 13.6 Å². The van der Waals surface area contributed by atoms with Gasteiger partial charge in [-0.05, 0) is 74.7 Å². The van der Waals surface area contributed by atoms with Crippen LogP contribution in [0.5, 0.6) is 0 Å². The third-order valence-electron chi connectivity index (χ3n) is 8.57. The second-order valence-corrected chi connectivity index (χ2v) is 11.9.